The van der Waals surface area contributed by atoms with Crippen LogP contribution in [-0.4, -0.2) is 26.1 Å². The first-order valence-corrected chi connectivity index (χ1v) is 9.09. The molecule has 24 heavy (non-hydrogen) atoms. The Kier molecular flexibility index (Phi) is 5.18. The number of halogens is 1. The molecule has 6 nitrogen and oxygen atoms in total. The van der Waals surface area contributed by atoms with E-state index in [-0.39, 0.29) is 22.9 Å². The van der Waals surface area contributed by atoms with Gasteiger partial charge >= 0.3 is 0 Å². The smallest absolute Gasteiger partial charge is 0.293 e. The maximum atomic E-state index is 13.3. The Balaban J connectivity index is 2.46. The number of rotatable bonds is 6. The lowest BCUT2D eigenvalue weighted by atomic mass is 10.1. The summed E-state index contributed by atoms with van der Waals surface area (Å²) in [6.45, 7) is 2.52. The summed E-state index contributed by atoms with van der Waals surface area (Å²) in [6, 6.07) is 9.78. The number of nitro groups is 1. The zero-order valence-corrected chi connectivity index (χ0v) is 14.1. The maximum Gasteiger partial charge on any atom is 0.293 e. The molecule has 0 saturated carbocycles. The van der Waals surface area contributed by atoms with Crippen LogP contribution in [0.25, 0.3) is 0 Å². The zero-order chi connectivity index (χ0) is 17.9. The highest BCUT2D eigenvalue weighted by Gasteiger charge is 2.22. The number of nitro benzene ring substituents is 1. The molecule has 0 amide bonds. The average Bonchev–Trinajstić information content (AvgIpc) is 2.51. The molecule has 0 atom stereocenters. The summed E-state index contributed by atoms with van der Waals surface area (Å²) in [5.74, 6) is -0.384. The molecule has 0 spiro atoms. The van der Waals surface area contributed by atoms with Gasteiger partial charge in [0.2, 0.25) is 0 Å². The number of hydrogen-bond donors (Lipinski definition) is 0. The maximum absolute atomic E-state index is 13.3. The van der Waals surface area contributed by atoms with E-state index < -0.39 is 14.8 Å². The highest BCUT2D eigenvalue weighted by atomic mass is 32.2. The van der Waals surface area contributed by atoms with Gasteiger partial charge in [0.05, 0.1) is 9.82 Å². The lowest BCUT2D eigenvalue weighted by molar-refractivity contribution is -0.384. The summed E-state index contributed by atoms with van der Waals surface area (Å²) in [4.78, 5) is 12.3. The van der Waals surface area contributed by atoms with Crippen molar-refractivity contribution in [2.24, 2.45) is 0 Å². The SMILES string of the molecule is CCN(Cc1cccc(F)c1)c1ccc(S(C)(=O)=O)cc1[N+](=O)[O-]. The second kappa shape index (κ2) is 6.96. The lowest BCUT2D eigenvalue weighted by Crippen LogP contribution is -2.23. The van der Waals surface area contributed by atoms with Crippen molar-refractivity contribution in [2.45, 2.75) is 18.4 Å². The van der Waals surface area contributed by atoms with Crippen molar-refractivity contribution in [3.8, 4) is 0 Å². The van der Waals surface area contributed by atoms with Gasteiger partial charge in [-0.15, -0.1) is 0 Å². The molecule has 0 radical (unpaired) electrons. The van der Waals surface area contributed by atoms with E-state index in [0.29, 0.717) is 17.8 Å². The number of sulfone groups is 1. The minimum Gasteiger partial charge on any atom is -0.362 e. The van der Waals surface area contributed by atoms with Crippen LogP contribution >= 0.6 is 0 Å². The van der Waals surface area contributed by atoms with Gasteiger partial charge < -0.3 is 4.90 Å². The summed E-state index contributed by atoms with van der Waals surface area (Å²) in [5, 5.41) is 11.4. The molecular weight excluding hydrogens is 335 g/mol. The molecule has 8 heteroatoms. The van der Waals surface area contributed by atoms with E-state index in [4.69, 9.17) is 0 Å². The predicted molar refractivity (Wildman–Crippen MR) is 89.3 cm³/mol. The number of hydrogen-bond acceptors (Lipinski definition) is 5. The summed E-state index contributed by atoms with van der Waals surface area (Å²) in [5.41, 5.74) is 0.661. The fourth-order valence-electron chi connectivity index (χ4n) is 2.37. The van der Waals surface area contributed by atoms with E-state index in [0.717, 1.165) is 12.3 Å². The number of nitrogens with zero attached hydrogens (tertiary/aromatic N) is 2. The molecular formula is C16H17FN2O4S. The van der Waals surface area contributed by atoms with Crippen molar-refractivity contribution in [3.63, 3.8) is 0 Å². The monoisotopic (exact) mass is 352 g/mol. The van der Waals surface area contributed by atoms with E-state index in [2.05, 4.69) is 0 Å². The second-order valence-corrected chi connectivity index (χ2v) is 7.34. The first kappa shape index (κ1) is 17.9. The molecule has 0 aliphatic carbocycles. The molecule has 0 aliphatic heterocycles. The molecule has 0 aromatic heterocycles. The van der Waals surface area contributed by atoms with E-state index in [1.54, 1.807) is 17.0 Å². The third kappa shape index (κ3) is 4.08. The summed E-state index contributed by atoms with van der Waals surface area (Å²) in [6.07, 6.45) is 0.996. The first-order valence-electron chi connectivity index (χ1n) is 7.20. The summed E-state index contributed by atoms with van der Waals surface area (Å²) < 4.78 is 36.5. The number of anilines is 1. The third-order valence-corrected chi connectivity index (χ3v) is 4.67. The molecule has 0 unspecified atom stereocenters. The fraction of sp³-hybridized carbons (Fsp3) is 0.250. The van der Waals surface area contributed by atoms with Gasteiger partial charge in [0.1, 0.15) is 11.5 Å². The van der Waals surface area contributed by atoms with Crippen LogP contribution in [0.5, 0.6) is 0 Å². The topological polar surface area (TPSA) is 80.5 Å². The van der Waals surface area contributed by atoms with Crippen molar-refractivity contribution < 1.29 is 17.7 Å². The normalized spacial score (nSPS) is 11.3. The average molecular weight is 352 g/mol. The van der Waals surface area contributed by atoms with Crippen LogP contribution in [0.2, 0.25) is 0 Å². The van der Waals surface area contributed by atoms with Gasteiger partial charge in [0, 0.05) is 25.4 Å². The van der Waals surface area contributed by atoms with Gasteiger partial charge in [0.25, 0.3) is 5.69 Å². The Labute approximate surface area is 139 Å². The minimum absolute atomic E-state index is 0.111. The predicted octanol–water partition coefficient (Wildman–Crippen LogP) is 3.16. The Morgan fingerprint density at radius 3 is 2.46 bits per heavy atom. The van der Waals surface area contributed by atoms with Crippen LogP contribution in [0.4, 0.5) is 15.8 Å². The molecule has 0 bridgehead atoms. The Hall–Kier alpha value is -2.48. The third-order valence-electron chi connectivity index (χ3n) is 3.56. The van der Waals surface area contributed by atoms with Crippen LogP contribution in [0.3, 0.4) is 0 Å². The molecule has 2 aromatic rings. The molecule has 0 N–H and O–H groups in total. The van der Waals surface area contributed by atoms with Gasteiger partial charge in [-0.1, -0.05) is 12.1 Å². The van der Waals surface area contributed by atoms with Crippen molar-refractivity contribution >= 4 is 21.2 Å². The molecule has 0 saturated heterocycles. The Bertz CT molecular complexity index is 868. The molecule has 0 fully saturated rings. The van der Waals surface area contributed by atoms with Gasteiger partial charge in [0.15, 0.2) is 9.84 Å². The standard InChI is InChI=1S/C16H17FN2O4S/c1-3-18(11-12-5-4-6-13(17)9-12)15-8-7-14(24(2,22)23)10-16(15)19(20)21/h4-10H,3,11H2,1-2H3. The van der Waals surface area contributed by atoms with Crippen molar-refractivity contribution in [1.82, 2.24) is 0 Å². The zero-order valence-electron chi connectivity index (χ0n) is 13.3. The van der Waals surface area contributed by atoms with Crippen LogP contribution in [0.1, 0.15) is 12.5 Å². The van der Waals surface area contributed by atoms with Crippen LogP contribution in [-0.2, 0) is 16.4 Å². The molecule has 0 aliphatic rings. The van der Waals surface area contributed by atoms with Gasteiger partial charge in [-0.2, -0.15) is 0 Å². The second-order valence-electron chi connectivity index (χ2n) is 5.32. The van der Waals surface area contributed by atoms with Gasteiger partial charge in [-0.05, 0) is 36.8 Å². The van der Waals surface area contributed by atoms with Crippen molar-refractivity contribution in [2.75, 3.05) is 17.7 Å². The first-order chi connectivity index (χ1) is 11.2. The summed E-state index contributed by atoms with van der Waals surface area (Å²) >= 11 is 0. The van der Waals surface area contributed by atoms with E-state index in [1.165, 1.54) is 24.3 Å². The van der Waals surface area contributed by atoms with Crippen LogP contribution < -0.4 is 4.90 Å². The fourth-order valence-corrected chi connectivity index (χ4v) is 3.01. The highest BCUT2D eigenvalue weighted by Crippen LogP contribution is 2.31. The van der Waals surface area contributed by atoms with E-state index >= 15 is 0 Å². The Morgan fingerprint density at radius 2 is 1.92 bits per heavy atom. The van der Waals surface area contributed by atoms with Gasteiger partial charge in [-0.3, -0.25) is 10.1 Å². The molecule has 2 rings (SSSR count). The van der Waals surface area contributed by atoms with Crippen LogP contribution in [0, 0.1) is 15.9 Å². The van der Waals surface area contributed by atoms with Crippen molar-refractivity contribution in [1.29, 1.82) is 0 Å². The quantitative estimate of drug-likeness (QED) is 0.589. The highest BCUT2D eigenvalue weighted by molar-refractivity contribution is 7.90. The van der Waals surface area contributed by atoms with E-state index in [1.807, 2.05) is 6.92 Å². The van der Waals surface area contributed by atoms with Crippen LogP contribution in [0.15, 0.2) is 47.4 Å². The summed E-state index contributed by atoms with van der Waals surface area (Å²) in [7, 11) is -3.55. The minimum atomic E-state index is -3.55. The van der Waals surface area contributed by atoms with Crippen molar-refractivity contribution in [3.05, 3.63) is 64.0 Å². The largest absolute Gasteiger partial charge is 0.362 e. The molecule has 2 aromatic carbocycles. The van der Waals surface area contributed by atoms with E-state index in [9.17, 15) is 22.9 Å². The lowest BCUT2D eigenvalue weighted by Gasteiger charge is -2.23. The van der Waals surface area contributed by atoms with Gasteiger partial charge in [-0.25, -0.2) is 12.8 Å². The molecule has 0 heterocycles. The number of benzene rings is 2. The molecule has 128 valence electrons. The Morgan fingerprint density at radius 1 is 1.21 bits per heavy atom.